The minimum Gasteiger partial charge on any atom is -0.312 e. The first kappa shape index (κ1) is 15.0. The predicted molar refractivity (Wildman–Crippen MR) is 85.0 cm³/mol. The molecule has 118 valence electrons. The van der Waals surface area contributed by atoms with Crippen molar-refractivity contribution in [3.05, 3.63) is 33.9 Å². The maximum atomic E-state index is 12.5. The van der Waals surface area contributed by atoms with Gasteiger partial charge in [0, 0.05) is 25.1 Å². The Bertz CT molecular complexity index is 579. The summed E-state index contributed by atoms with van der Waals surface area (Å²) in [7, 11) is 0. The first-order valence-electron chi connectivity index (χ1n) is 8.23. The van der Waals surface area contributed by atoms with Gasteiger partial charge in [-0.3, -0.25) is 14.9 Å². The molecule has 1 fully saturated rings. The predicted octanol–water partition coefficient (Wildman–Crippen LogP) is 3.84. The Labute approximate surface area is 130 Å². The molecular formula is C17H22N2O3. The van der Waals surface area contributed by atoms with Gasteiger partial charge in [0.05, 0.1) is 10.6 Å². The highest BCUT2D eigenvalue weighted by Crippen LogP contribution is 2.33. The van der Waals surface area contributed by atoms with Gasteiger partial charge in [-0.2, -0.15) is 0 Å². The third kappa shape index (κ3) is 3.13. The fourth-order valence-electron chi connectivity index (χ4n) is 3.68. The van der Waals surface area contributed by atoms with Crippen LogP contribution in [0.3, 0.4) is 0 Å². The Kier molecular flexibility index (Phi) is 4.41. The van der Waals surface area contributed by atoms with Gasteiger partial charge in [-0.05, 0) is 24.3 Å². The molecule has 1 aliphatic heterocycles. The maximum absolute atomic E-state index is 12.5. The zero-order valence-electron chi connectivity index (χ0n) is 12.8. The Morgan fingerprint density at radius 3 is 2.77 bits per heavy atom. The number of nitro benzene ring substituents is 1. The fraction of sp³-hybridized carbons (Fsp3) is 0.588. The largest absolute Gasteiger partial charge is 0.312 e. The first-order valence-corrected chi connectivity index (χ1v) is 8.23. The van der Waals surface area contributed by atoms with Gasteiger partial charge in [-0.15, -0.1) is 0 Å². The molecule has 0 N–H and O–H groups in total. The standard InChI is InChI=1S/C17H22N2O3/c20-17(9-6-13-4-2-1-3-5-13)18-11-10-14-7-8-15(19(21)22)12-16(14)18/h7-8,12-13H,1-6,9-11H2. The number of nitrogens with zero attached hydrogens (tertiary/aromatic N) is 2. The molecule has 22 heavy (non-hydrogen) atoms. The molecule has 1 amide bonds. The number of anilines is 1. The molecule has 1 aromatic rings. The summed E-state index contributed by atoms with van der Waals surface area (Å²) >= 11 is 0. The zero-order valence-corrected chi connectivity index (χ0v) is 12.8. The van der Waals surface area contributed by atoms with Crippen LogP contribution in [0.5, 0.6) is 0 Å². The molecule has 1 heterocycles. The summed E-state index contributed by atoms with van der Waals surface area (Å²) in [5.74, 6) is 0.801. The lowest BCUT2D eigenvalue weighted by Crippen LogP contribution is -2.29. The topological polar surface area (TPSA) is 63.5 Å². The van der Waals surface area contributed by atoms with Crippen molar-refractivity contribution in [2.24, 2.45) is 5.92 Å². The fourth-order valence-corrected chi connectivity index (χ4v) is 3.68. The van der Waals surface area contributed by atoms with Crippen molar-refractivity contribution in [2.75, 3.05) is 11.4 Å². The highest BCUT2D eigenvalue weighted by atomic mass is 16.6. The molecule has 0 saturated heterocycles. The van der Waals surface area contributed by atoms with Crippen LogP contribution in [0.1, 0.15) is 50.5 Å². The van der Waals surface area contributed by atoms with E-state index in [1.165, 1.54) is 38.2 Å². The van der Waals surface area contributed by atoms with E-state index >= 15 is 0 Å². The van der Waals surface area contributed by atoms with Crippen molar-refractivity contribution in [1.29, 1.82) is 0 Å². The third-order valence-electron chi connectivity index (χ3n) is 4.97. The van der Waals surface area contributed by atoms with Crippen LogP contribution in [-0.2, 0) is 11.2 Å². The summed E-state index contributed by atoms with van der Waals surface area (Å²) in [6.45, 7) is 0.653. The van der Waals surface area contributed by atoms with Gasteiger partial charge in [0.25, 0.3) is 5.69 Å². The molecular weight excluding hydrogens is 280 g/mol. The lowest BCUT2D eigenvalue weighted by molar-refractivity contribution is -0.384. The van der Waals surface area contributed by atoms with Crippen molar-refractivity contribution in [1.82, 2.24) is 0 Å². The molecule has 5 heteroatoms. The van der Waals surface area contributed by atoms with E-state index in [2.05, 4.69) is 0 Å². The van der Waals surface area contributed by atoms with E-state index in [0.29, 0.717) is 18.9 Å². The molecule has 0 radical (unpaired) electrons. The smallest absolute Gasteiger partial charge is 0.271 e. The van der Waals surface area contributed by atoms with Gasteiger partial charge < -0.3 is 4.90 Å². The minimum atomic E-state index is -0.400. The first-order chi connectivity index (χ1) is 10.6. The molecule has 1 aliphatic carbocycles. The Morgan fingerprint density at radius 1 is 1.27 bits per heavy atom. The molecule has 0 spiro atoms. The van der Waals surface area contributed by atoms with E-state index in [0.717, 1.165) is 24.1 Å². The van der Waals surface area contributed by atoms with Gasteiger partial charge in [0.2, 0.25) is 5.91 Å². The second kappa shape index (κ2) is 6.46. The van der Waals surface area contributed by atoms with E-state index < -0.39 is 4.92 Å². The summed E-state index contributed by atoms with van der Waals surface area (Å²) in [6.07, 6.45) is 8.71. The number of carbonyl (C=O) groups excluding carboxylic acids is 1. The normalized spacial score (nSPS) is 18.3. The number of benzene rings is 1. The van der Waals surface area contributed by atoms with Crippen LogP contribution in [0.2, 0.25) is 0 Å². The number of fused-ring (bicyclic) bond motifs is 1. The molecule has 2 aliphatic rings. The van der Waals surface area contributed by atoms with Crippen LogP contribution in [-0.4, -0.2) is 17.4 Å². The molecule has 5 nitrogen and oxygen atoms in total. The Morgan fingerprint density at radius 2 is 2.05 bits per heavy atom. The highest BCUT2D eigenvalue weighted by Gasteiger charge is 2.27. The summed E-state index contributed by atoms with van der Waals surface area (Å²) in [4.78, 5) is 24.7. The van der Waals surface area contributed by atoms with Crippen LogP contribution < -0.4 is 4.90 Å². The lowest BCUT2D eigenvalue weighted by Gasteiger charge is -2.23. The molecule has 3 rings (SSSR count). The maximum Gasteiger partial charge on any atom is 0.271 e. The van der Waals surface area contributed by atoms with Crippen molar-refractivity contribution < 1.29 is 9.72 Å². The average molecular weight is 302 g/mol. The summed E-state index contributed by atoms with van der Waals surface area (Å²) in [5, 5.41) is 10.9. The number of nitro groups is 1. The second-order valence-corrected chi connectivity index (χ2v) is 6.41. The summed E-state index contributed by atoms with van der Waals surface area (Å²) in [6, 6.07) is 4.84. The number of amides is 1. The van der Waals surface area contributed by atoms with E-state index in [1.54, 1.807) is 17.0 Å². The van der Waals surface area contributed by atoms with Crippen molar-refractivity contribution in [2.45, 2.75) is 51.4 Å². The van der Waals surface area contributed by atoms with E-state index in [1.807, 2.05) is 0 Å². The lowest BCUT2D eigenvalue weighted by atomic mass is 9.86. The number of hydrogen-bond donors (Lipinski definition) is 0. The third-order valence-corrected chi connectivity index (χ3v) is 4.97. The van der Waals surface area contributed by atoms with Crippen LogP contribution in [0.4, 0.5) is 11.4 Å². The van der Waals surface area contributed by atoms with Crippen LogP contribution >= 0.6 is 0 Å². The van der Waals surface area contributed by atoms with Gasteiger partial charge >= 0.3 is 0 Å². The summed E-state index contributed by atoms with van der Waals surface area (Å²) in [5.41, 5.74) is 1.84. The van der Waals surface area contributed by atoms with E-state index in [4.69, 9.17) is 0 Å². The van der Waals surface area contributed by atoms with Gasteiger partial charge in [0.1, 0.15) is 0 Å². The van der Waals surface area contributed by atoms with Crippen molar-refractivity contribution in [3.8, 4) is 0 Å². The SMILES string of the molecule is O=C(CCC1CCCCC1)N1CCc2ccc([N+](=O)[O-])cc21. The van der Waals surface area contributed by atoms with Crippen LogP contribution in [0, 0.1) is 16.0 Å². The van der Waals surface area contributed by atoms with Crippen molar-refractivity contribution >= 4 is 17.3 Å². The van der Waals surface area contributed by atoms with Gasteiger partial charge in [-0.25, -0.2) is 0 Å². The second-order valence-electron chi connectivity index (χ2n) is 6.41. The van der Waals surface area contributed by atoms with Gasteiger partial charge in [0.15, 0.2) is 0 Å². The number of hydrogen-bond acceptors (Lipinski definition) is 3. The number of non-ortho nitro benzene ring substituents is 1. The van der Waals surface area contributed by atoms with Crippen LogP contribution in [0.25, 0.3) is 0 Å². The zero-order chi connectivity index (χ0) is 15.5. The summed E-state index contributed by atoms with van der Waals surface area (Å²) < 4.78 is 0. The minimum absolute atomic E-state index is 0.0609. The molecule has 0 unspecified atom stereocenters. The molecule has 0 atom stereocenters. The van der Waals surface area contributed by atoms with Crippen LogP contribution in [0.15, 0.2) is 18.2 Å². The Hall–Kier alpha value is -1.91. The average Bonchev–Trinajstić information content (AvgIpc) is 2.96. The molecule has 1 aromatic carbocycles. The monoisotopic (exact) mass is 302 g/mol. The molecule has 0 aromatic heterocycles. The van der Waals surface area contributed by atoms with Gasteiger partial charge in [-0.1, -0.05) is 38.2 Å². The molecule has 1 saturated carbocycles. The highest BCUT2D eigenvalue weighted by molar-refractivity contribution is 5.95. The van der Waals surface area contributed by atoms with E-state index in [-0.39, 0.29) is 11.6 Å². The molecule has 0 bridgehead atoms. The number of rotatable bonds is 4. The van der Waals surface area contributed by atoms with E-state index in [9.17, 15) is 14.9 Å². The Balaban J connectivity index is 1.65. The quantitative estimate of drug-likeness (QED) is 0.627. The number of carbonyl (C=O) groups is 1. The van der Waals surface area contributed by atoms with Crippen molar-refractivity contribution in [3.63, 3.8) is 0 Å².